The number of hydrogen-bond donors (Lipinski definition) is 0. The van der Waals surface area contributed by atoms with Crippen molar-refractivity contribution in [2.24, 2.45) is 11.8 Å². The quantitative estimate of drug-likeness (QED) is 0.142. The number of aryl methyl sites for hydroxylation is 2. The molecule has 2 saturated carbocycles. The van der Waals surface area contributed by atoms with Gasteiger partial charge in [0.05, 0.1) is 0 Å². The van der Waals surface area contributed by atoms with Gasteiger partial charge in [-0.1, -0.05) is 0 Å². The molecule has 3 fully saturated rings. The Balaban J connectivity index is 0.00000218. The van der Waals surface area contributed by atoms with Crippen LogP contribution < -0.4 is 24.8 Å². The van der Waals surface area contributed by atoms with Crippen molar-refractivity contribution in [1.82, 2.24) is 0 Å². The summed E-state index contributed by atoms with van der Waals surface area (Å²) in [5.74, 6) is 1.55. The minimum absolute atomic E-state index is 0. The standard InChI is InChI=1S/2C24H27.C2H4.2ClH.Ti/c2*1-2-7-18-12-14-20(15-13-18)23-11-6-10-21-16-22(17-24(21)23)19-8-4-3-5-9-19;1-2;;;/h2*6,10-17,19H,2-5,7-9H2,1H3;1-2H2;2*1H;/q;;;;;+2/p-2. The maximum Gasteiger partial charge on any atom is -1.00 e. The van der Waals surface area contributed by atoms with E-state index in [1.807, 2.05) is 11.1 Å². The van der Waals surface area contributed by atoms with Crippen LogP contribution in [-0.2, 0) is 29.4 Å². The Morgan fingerprint density at radius 1 is 0.491 bits per heavy atom. The van der Waals surface area contributed by atoms with Crippen LogP contribution in [0.1, 0.15) is 133 Å². The maximum absolute atomic E-state index is 2.80. The Hall–Kier alpha value is -2.35. The van der Waals surface area contributed by atoms with Crippen molar-refractivity contribution in [2.45, 2.75) is 122 Å². The summed E-state index contributed by atoms with van der Waals surface area (Å²) in [6.45, 7) is 4.58. The zero-order valence-corrected chi connectivity index (χ0v) is 35.2. The van der Waals surface area contributed by atoms with Crippen LogP contribution in [0.5, 0.6) is 0 Å². The summed E-state index contributed by atoms with van der Waals surface area (Å²) in [4.78, 5) is 0. The largest absolute Gasteiger partial charge is 1.00 e. The molecule has 276 valence electrons. The van der Waals surface area contributed by atoms with Gasteiger partial charge in [-0.2, -0.15) is 0 Å². The smallest absolute Gasteiger partial charge is 1.00 e. The molecule has 0 aromatic heterocycles. The fraction of sp³-hybridized carbons (Fsp3) is 0.440. The number of benzene rings is 4. The van der Waals surface area contributed by atoms with Crippen LogP contribution in [0.2, 0.25) is 9.45 Å². The molecule has 0 N–H and O–H groups in total. The van der Waals surface area contributed by atoms with Crippen LogP contribution in [0.15, 0.2) is 96.1 Å². The molecule has 0 bridgehead atoms. The van der Waals surface area contributed by atoms with E-state index in [2.05, 4.69) is 111 Å². The normalized spacial score (nSPS) is 21.2. The molecule has 9 rings (SSSR count). The van der Waals surface area contributed by atoms with Gasteiger partial charge in [0.1, 0.15) is 0 Å². The molecule has 53 heavy (non-hydrogen) atoms. The molecule has 4 aromatic carbocycles. The van der Waals surface area contributed by atoms with Gasteiger partial charge in [0, 0.05) is 0 Å². The van der Waals surface area contributed by atoms with Gasteiger partial charge in [0.15, 0.2) is 0 Å². The molecule has 5 aliphatic rings. The van der Waals surface area contributed by atoms with E-state index in [-0.39, 0.29) is 24.8 Å². The number of halogens is 2. The van der Waals surface area contributed by atoms with Gasteiger partial charge in [0.2, 0.25) is 0 Å². The van der Waals surface area contributed by atoms with E-state index in [1.165, 1.54) is 133 Å². The second-order valence-corrected chi connectivity index (χ2v) is 24.3. The Labute approximate surface area is 336 Å². The molecule has 4 aromatic rings. The average Bonchev–Trinajstić information content (AvgIpc) is 3.70. The molecule has 4 aliphatic carbocycles. The van der Waals surface area contributed by atoms with Crippen molar-refractivity contribution >= 4 is 12.2 Å². The molecule has 1 heterocycles. The third-order valence-electron chi connectivity index (χ3n) is 13.9. The summed E-state index contributed by atoms with van der Waals surface area (Å²) < 4.78 is 4.49. The topological polar surface area (TPSA) is 0 Å². The molecule has 3 heteroatoms. The van der Waals surface area contributed by atoms with Crippen LogP contribution in [0.3, 0.4) is 0 Å². The van der Waals surface area contributed by atoms with Crippen molar-refractivity contribution in [3.63, 3.8) is 0 Å². The zero-order chi connectivity index (χ0) is 34.4. The number of allylic oxidation sites excluding steroid dienone is 2. The molecule has 0 radical (unpaired) electrons. The molecule has 0 spiro atoms. The summed E-state index contributed by atoms with van der Waals surface area (Å²) in [7, 11) is 0. The van der Waals surface area contributed by atoms with Gasteiger partial charge >= 0.3 is 314 Å². The molecule has 2 atom stereocenters. The van der Waals surface area contributed by atoms with Crippen LogP contribution in [-0.4, -0.2) is 0 Å². The monoisotopic (exact) mass is 776 g/mol. The second kappa shape index (κ2) is 16.8. The van der Waals surface area contributed by atoms with Crippen molar-refractivity contribution < 1.29 is 41.4 Å². The molecule has 1 aliphatic heterocycles. The van der Waals surface area contributed by atoms with E-state index < -0.39 is 16.6 Å². The van der Waals surface area contributed by atoms with Gasteiger partial charge < -0.3 is 24.8 Å². The minimum atomic E-state index is -2.54. The van der Waals surface area contributed by atoms with E-state index >= 15 is 0 Å². The summed E-state index contributed by atoms with van der Waals surface area (Å²) in [5, 5.41) is 0. The number of fused-ring (bicyclic) bond motifs is 2. The summed E-state index contributed by atoms with van der Waals surface area (Å²) >= 11 is -2.54. The van der Waals surface area contributed by atoms with Crippen LogP contribution in [0, 0.1) is 11.8 Å². The number of hydrogen-bond acceptors (Lipinski definition) is 0. The first-order valence-electron chi connectivity index (χ1n) is 21.1. The van der Waals surface area contributed by atoms with E-state index in [1.54, 1.807) is 22.3 Å². The predicted molar refractivity (Wildman–Crippen MR) is 216 cm³/mol. The minimum Gasteiger partial charge on any atom is -1.00 e. The molecule has 0 amide bonds. The fourth-order valence-electron chi connectivity index (χ4n) is 11.4. The van der Waals surface area contributed by atoms with Gasteiger partial charge in [-0.05, 0) is 0 Å². The van der Waals surface area contributed by atoms with Crippen LogP contribution in [0.25, 0.3) is 34.4 Å². The fourth-order valence-corrected chi connectivity index (χ4v) is 21.8. The second-order valence-electron chi connectivity index (χ2n) is 17.1. The van der Waals surface area contributed by atoms with E-state index in [0.717, 1.165) is 11.8 Å². The van der Waals surface area contributed by atoms with Gasteiger partial charge in [0.25, 0.3) is 0 Å². The first-order chi connectivity index (χ1) is 25.2. The third-order valence-corrected chi connectivity index (χ3v) is 22.1. The van der Waals surface area contributed by atoms with Gasteiger partial charge in [-0.25, -0.2) is 0 Å². The summed E-state index contributed by atoms with van der Waals surface area (Å²) in [5.41, 5.74) is 19.1. The molecular formula is C50H58Cl2Ti. The molecular weight excluding hydrogens is 719 g/mol. The third kappa shape index (κ3) is 7.26. The van der Waals surface area contributed by atoms with E-state index in [4.69, 9.17) is 0 Å². The Morgan fingerprint density at radius 2 is 0.887 bits per heavy atom. The Kier molecular flexibility index (Phi) is 12.3. The number of rotatable bonds is 10. The predicted octanol–water partition coefficient (Wildman–Crippen LogP) is 8.67. The first-order valence-corrected chi connectivity index (χ1v) is 25.1. The van der Waals surface area contributed by atoms with E-state index in [0.29, 0.717) is 8.45 Å². The van der Waals surface area contributed by atoms with Crippen molar-refractivity contribution in [3.05, 3.63) is 129 Å². The molecule has 0 nitrogen and oxygen atoms in total. The molecule has 1 saturated heterocycles. The Morgan fingerprint density at radius 3 is 1.25 bits per heavy atom. The summed E-state index contributed by atoms with van der Waals surface area (Å²) in [6, 6.07) is 34.2. The zero-order valence-electron chi connectivity index (χ0n) is 32.1. The van der Waals surface area contributed by atoms with Crippen LogP contribution >= 0.6 is 0 Å². The van der Waals surface area contributed by atoms with Crippen molar-refractivity contribution in [3.8, 4) is 22.3 Å². The van der Waals surface area contributed by atoms with Gasteiger partial charge in [-0.3, -0.25) is 0 Å². The van der Waals surface area contributed by atoms with E-state index in [9.17, 15) is 0 Å². The van der Waals surface area contributed by atoms with Gasteiger partial charge in [-0.15, -0.1) is 0 Å². The van der Waals surface area contributed by atoms with Crippen molar-refractivity contribution in [2.75, 3.05) is 0 Å². The maximum atomic E-state index is 2.80. The van der Waals surface area contributed by atoms with Crippen LogP contribution in [0.4, 0.5) is 0 Å². The SMILES string of the molecule is CCCc1ccc(-c2cccc3c2C=C(C2CCCCC2)[CH]3[Ti+2]2([CH]3C(C4CCCCC4)=Cc4c(-c5ccc(CCC)cc5)cccc43)[CH2][CH2]2)cc1.[Cl-].[Cl-]. The van der Waals surface area contributed by atoms with Crippen molar-refractivity contribution in [1.29, 1.82) is 0 Å². The first kappa shape index (κ1) is 38.9. The average molecular weight is 778 g/mol. The molecule has 2 unspecified atom stereocenters. The summed E-state index contributed by atoms with van der Waals surface area (Å²) in [6.07, 6.45) is 24.5. The Bertz CT molecular complexity index is 1800.